The van der Waals surface area contributed by atoms with Crippen molar-refractivity contribution in [2.75, 3.05) is 7.11 Å². The van der Waals surface area contributed by atoms with Gasteiger partial charge in [-0.05, 0) is 35.4 Å². The first-order valence-electron chi connectivity index (χ1n) is 6.20. The van der Waals surface area contributed by atoms with Crippen molar-refractivity contribution in [3.8, 4) is 0 Å². The number of rotatable bonds is 5. The number of carbonyl (C=O) groups excluding carboxylic acids is 1. The summed E-state index contributed by atoms with van der Waals surface area (Å²) < 4.78 is 4.65. The number of thioether (sulfide) groups is 1. The molecule has 0 radical (unpaired) electrons. The summed E-state index contributed by atoms with van der Waals surface area (Å²) in [5.41, 5.74) is 2.19. The van der Waals surface area contributed by atoms with Crippen molar-refractivity contribution in [1.29, 1.82) is 0 Å². The van der Waals surface area contributed by atoms with Crippen LogP contribution in [0.2, 0.25) is 5.02 Å². The molecule has 0 unspecified atom stereocenters. The van der Waals surface area contributed by atoms with Crippen molar-refractivity contribution >= 4 is 29.3 Å². The molecule has 0 atom stereocenters. The van der Waals surface area contributed by atoms with Gasteiger partial charge in [-0.2, -0.15) is 0 Å². The lowest BCUT2D eigenvalue weighted by molar-refractivity contribution is -0.139. The molecule has 0 saturated carbocycles. The lowest BCUT2D eigenvalue weighted by Crippen LogP contribution is -2.04. The zero-order chi connectivity index (χ0) is 14.4. The van der Waals surface area contributed by atoms with E-state index in [1.807, 2.05) is 48.5 Å². The second kappa shape index (κ2) is 7.36. The van der Waals surface area contributed by atoms with Crippen molar-refractivity contribution < 1.29 is 9.53 Å². The van der Waals surface area contributed by atoms with Crippen LogP contribution in [-0.4, -0.2) is 13.1 Å². The highest BCUT2D eigenvalue weighted by Crippen LogP contribution is 2.24. The molecule has 2 aromatic rings. The maximum Gasteiger partial charge on any atom is 0.309 e. The van der Waals surface area contributed by atoms with E-state index in [2.05, 4.69) is 4.74 Å². The summed E-state index contributed by atoms with van der Waals surface area (Å²) in [7, 11) is 1.40. The van der Waals surface area contributed by atoms with E-state index in [4.69, 9.17) is 11.6 Å². The largest absolute Gasteiger partial charge is 0.469 e. The third-order valence-electron chi connectivity index (χ3n) is 2.82. The standard InChI is InChI=1S/C16H15ClO2S/c1-19-16(18)10-12-2-4-13(5-3-12)11-20-15-8-6-14(17)7-9-15/h2-9H,10-11H2,1H3. The Labute approximate surface area is 128 Å². The minimum atomic E-state index is -0.215. The quantitative estimate of drug-likeness (QED) is 0.607. The molecular formula is C16H15ClO2S. The molecule has 104 valence electrons. The molecule has 0 amide bonds. The molecule has 0 bridgehead atoms. The number of methoxy groups -OCH3 is 1. The number of ether oxygens (including phenoxy) is 1. The molecule has 0 saturated heterocycles. The van der Waals surface area contributed by atoms with E-state index in [0.717, 1.165) is 16.3 Å². The van der Waals surface area contributed by atoms with E-state index in [0.29, 0.717) is 6.42 Å². The lowest BCUT2D eigenvalue weighted by atomic mass is 10.1. The predicted octanol–water partition coefficient (Wildman–Crippen LogP) is 4.35. The molecule has 0 aromatic heterocycles. The van der Waals surface area contributed by atoms with Gasteiger partial charge in [0.05, 0.1) is 13.5 Å². The number of carbonyl (C=O) groups is 1. The lowest BCUT2D eigenvalue weighted by Gasteiger charge is -2.04. The third kappa shape index (κ3) is 4.58. The fourth-order valence-corrected chi connectivity index (χ4v) is 2.67. The molecule has 2 rings (SSSR count). The van der Waals surface area contributed by atoms with E-state index in [9.17, 15) is 4.79 Å². The van der Waals surface area contributed by atoms with Gasteiger partial charge in [-0.1, -0.05) is 35.9 Å². The van der Waals surface area contributed by atoms with Crippen LogP contribution in [0.3, 0.4) is 0 Å². The van der Waals surface area contributed by atoms with Crippen LogP contribution in [0.5, 0.6) is 0 Å². The number of hydrogen-bond donors (Lipinski definition) is 0. The highest BCUT2D eigenvalue weighted by molar-refractivity contribution is 7.98. The van der Waals surface area contributed by atoms with Crippen LogP contribution in [0.15, 0.2) is 53.4 Å². The molecule has 0 N–H and O–H groups in total. The normalized spacial score (nSPS) is 10.3. The Kier molecular flexibility index (Phi) is 5.50. The monoisotopic (exact) mass is 306 g/mol. The summed E-state index contributed by atoms with van der Waals surface area (Å²) in [6, 6.07) is 15.8. The molecule has 2 aromatic carbocycles. The zero-order valence-electron chi connectivity index (χ0n) is 11.1. The van der Waals surface area contributed by atoms with Crippen LogP contribution in [-0.2, 0) is 21.7 Å². The van der Waals surface area contributed by atoms with Crippen LogP contribution in [0.4, 0.5) is 0 Å². The second-order valence-electron chi connectivity index (χ2n) is 4.31. The summed E-state index contributed by atoms with van der Waals surface area (Å²) >= 11 is 7.61. The Morgan fingerprint density at radius 2 is 1.65 bits per heavy atom. The van der Waals surface area contributed by atoms with Crippen LogP contribution >= 0.6 is 23.4 Å². The maximum atomic E-state index is 11.2. The van der Waals surface area contributed by atoms with Gasteiger partial charge in [-0.3, -0.25) is 4.79 Å². The average Bonchev–Trinajstić information content (AvgIpc) is 2.48. The van der Waals surface area contributed by atoms with Crippen molar-refractivity contribution in [1.82, 2.24) is 0 Å². The van der Waals surface area contributed by atoms with Crippen molar-refractivity contribution in [3.63, 3.8) is 0 Å². The van der Waals surface area contributed by atoms with Gasteiger partial charge in [0.1, 0.15) is 0 Å². The fourth-order valence-electron chi connectivity index (χ4n) is 1.69. The van der Waals surface area contributed by atoms with Crippen molar-refractivity contribution in [2.45, 2.75) is 17.1 Å². The number of esters is 1. The summed E-state index contributed by atoms with van der Waals surface area (Å²) in [6.45, 7) is 0. The topological polar surface area (TPSA) is 26.3 Å². The van der Waals surface area contributed by atoms with Gasteiger partial charge in [0.2, 0.25) is 0 Å². The molecule has 0 spiro atoms. The number of benzene rings is 2. The smallest absolute Gasteiger partial charge is 0.309 e. The zero-order valence-corrected chi connectivity index (χ0v) is 12.7. The highest BCUT2D eigenvalue weighted by Gasteiger charge is 2.03. The van der Waals surface area contributed by atoms with E-state index in [1.54, 1.807) is 11.8 Å². The Hall–Kier alpha value is -1.45. The maximum absolute atomic E-state index is 11.2. The first-order valence-corrected chi connectivity index (χ1v) is 7.57. The molecule has 0 fully saturated rings. The van der Waals surface area contributed by atoms with E-state index in [-0.39, 0.29) is 5.97 Å². The first kappa shape index (κ1) is 14.9. The number of hydrogen-bond acceptors (Lipinski definition) is 3. The molecule has 20 heavy (non-hydrogen) atoms. The Bertz CT molecular complexity index is 564. The van der Waals surface area contributed by atoms with Gasteiger partial charge in [0.15, 0.2) is 0 Å². The van der Waals surface area contributed by atoms with Gasteiger partial charge >= 0.3 is 5.97 Å². The number of halogens is 1. The second-order valence-corrected chi connectivity index (χ2v) is 5.80. The van der Waals surface area contributed by atoms with Gasteiger partial charge in [-0.15, -0.1) is 11.8 Å². The van der Waals surface area contributed by atoms with Gasteiger partial charge in [-0.25, -0.2) is 0 Å². The van der Waals surface area contributed by atoms with Gasteiger partial charge in [0.25, 0.3) is 0 Å². The first-order chi connectivity index (χ1) is 9.67. The molecule has 0 heterocycles. The Morgan fingerprint density at radius 1 is 1.05 bits per heavy atom. The SMILES string of the molecule is COC(=O)Cc1ccc(CSc2ccc(Cl)cc2)cc1. The van der Waals surface area contributed by atoms with E-state index >= 15 is 0 Å². The summed E-state index contributed by atoms with van der Waals surface area (Å²) in [5, 5.41) is 0.751. The Morgan fingerprint density at radius 3 is 2.25 bits per heavy atom. The van der Waals surface area contributed by atoms with E-state index < -0.39 is 0 Å². The van der Waals surface area contributed by atoms with Gasteiger partial charge < -0.3 is 4.74 Å². The third-order valence-corrected chi connectivity index (χ3v) is 4.15. The molecule has 2 nitrogen and oxygen atoms in total. The highest BCUT2D eigenvalue weighted by atomic mass is 35.5. The predicted molar refractivity (Wildman–Crippen MR) is 83.2 cm³/mol. The molecule has 4 heteroatoms. The summed E-state index contributed by atoms with van der Waals surface area (Å²) in [4.78, 5) is 12.4. The van der Waals surface area contributed by atoms with Crippen LogP contribution in [0, 0.1) is 0 Å². The molecule has 0 aliphatic heterocycles. The van der Waals surface area contributed by atoms with Gasteiger partial charge in [0, 0.05) is 15.7 Å². The average molecular weight is 307 g/mol. The van der Waals surface area contributed by atoms with Crippen LogP contribution < -0.4 is 0 Å². The molecular weight excluding hydrogens is 292 g/mol. The fraction of sp³-hybridized carbons (Fsp3) is 0.188. The minimum Gasteiger partial charge on any atom is -0.469 e. The van der Waals surface area contributed by atoms with Crippen molar-refractivity contribution in [3.05, 3.63) is 64.7 Å². The Balaban J connectivity index is 1.90. The summed E-state index contributed by atoms with van der Waals surface area (Å²) in [5.74, 6) is 0.674. The van der Waals surface area contributed by atoms with Crippen molar-refractivity contribution in [2.24, 2.45) is 0 Å². The van der Waals surface area contributed by atoms with E-state index in [1.165, 1.54) is 17.6 Å². The van der Waals surface area contributed by atoms with Crippen LogP contribution in [0.1, 0.15) is 11.1 Å². The molecule has 0 aliphatic rings. The minimum absolute atomic E-state index is 0.215. The molecule has 0 aliphatic carbocycles. The van der Waals surface area contributed by atoms with Crippen LogP contribution in [0.25, 0.3) is 0 Å². The summed E-state index contributed by atoms with van der Waals surface area (Å²) in [6.07, 6.45) is 0.321.